The number of primary amides is 1. The van der Waals surface area contributed by atoms with Gasteiger partial charge in [0.1, 0.15) is 5.69 Å². The smallest absolute Gasteiger partial charge is 0.277 e. The Morgan fingerprint density at radius 2 is 2.00 bits per heavy atom. The summed E-state index contributed by atoms with van der Waals surface area (Å²) in [5.74, 6) is -0.948. The number of nitrogens with zero attached hydrogens (tertiary/aromatic N) is 3. The molecule has 1 aromatic heterocycles. The van der Waals surface area contributed by atoms with Crippen LogP contribution in [0.15, 0.2) is 30.5 Å². The van der Waals surface area contributed by atoms with Crippen molar-refractivity contribution in [3.63, 3.8) is 0 Å². The Morgan fingerprint density at radius 3 is 2.59 bits per heavy atom. The number of hydrogen-bond donors (Lipinski definition) is 1. The van der Waals surface area contributed by atoms with E-state index in [9.17, 15) is 9.59 Å². The van der Waals surface area contributed by atoms with Gasteiger partial charge < -0.3 is 10.6 Å². The van der Waals surface area contributed by atoms with Crippen molar-refractivity contribution in [2.45, 2.75) is 13.0 Å². The Labute approximate surface area is 139 Å². The normalized spacial score (nSPS) is 16.9. The molecule has 22 heavy (non-hydrogen) atoms. The highest BCUT2D eigenvalue weighted by molar-refractivity contribution is 7.59. The average molecular weight is 339 g/mol. The molecule has 0 spiro atoms. The van der Waals surface area contributed by atoms with Crippen molar-refractivity contribution in [3.8, 4) is 0 Å². The molecule has 1 aliphatic heterocycles. The predicted molar refractivity (Wildman–Crippen MR) is 89.0 cm³/mol. The molecule has 116 valence electrons. The minimum atomic E-state index is -0.658. The van der Waals surface area contributed by atoms with Crippen molar-refractivity contribution >= 4 is 42.6 Å². The quantitative estimate of drug-likeness (QED) is 0.908. The first-order chi connectivity index (χ1) is 9.99. The van der Waals surface area contributed by atoms with Gasteiger partial charge in [0.15, 0.2) is 0 Å². The lowest BCUT2D eigenvalue weighted by Gasteiger charge is -2.32. The van der Waals surface area contributed by atoms with E-state index in [0.29, 0.717) is 11.6 Å². The number of carbonyl (C=O) groups excluding carboxylic acids is 2. The number of aromatic nitrogens is 2. The SMILES string of the molecule is C[C@H]1CN(c2ccc(Cl)cc2)C(=O)c2c(C(N)=O)cnn21.S. The third-order valence-corrected chi connectivity index (χ3v) is 3.76. The zero-order valence-electron chi connectivity index (χ0n) is 11.8. The van der Waals surface area contributed by atoms with Gasteiger partial charge >= 0.3 is 0 Å². The van der Waals surface area contributed by atoms with E-state index in [4.69, 9.17) is 17.3 Å². The Kier molecular flexibility index (Phi) is 4.48. The predicted octanol–water partition coefficient (Wildman–Crippen LogP) is 1.97. The summed E-state index contributed by atoms with van der Waals surface area (Å²) in [6.45, 7) is 2.39. The molecule has 2 amide bonds. The van der Waals surface area contributed by atoms with Crippen molar-refractivity contribution < 1.29 is 9.59 Å². The number of nitrogens with two attached hydrogens (primary N) is 1. The summed E-state index contributed by atoms with van der Waals surface area (Å²) in [4.78, 5) is 25.7. The van der Waals surface area contributed by atoms with Gasteiger partial charge in [-0.2, -0.15) is 18.6 Å². The minimum absolute atomic E-state index is 0. The monoisotopic (exact) mass is 338 g/mol. The molecule has 1 aromatic carbocycles. The van der Waals surface area contributed by atoms with Gasteiger partial charge in [0, 0.05) is 17.3 Å². The van der Waals surface area contributed by atoms with Crippen LogP contribution in [0.5, 0.6) is 0 Å². The van der Waals surface area contributed by atoms with Gasteiger partial charge in [-0.15, -0.1) is 0 Å². The Bertz CT molecular complexity index is 729. The van der Waals surface area contributed by atoms with Gasteiger partial charge in [-0.3, -0.25) is 14.3 Å². The Balaban J connectivity index is 0.00000176. The summed E-state index contributed by atoms with van der Waals surface area (Å²) in [5.41, 5.74) is 6.41. The number of carbonyl (C=O) groups is 2. The van der Waals surface area contributed by atoms with E-state index in [0.717, 1.165) is 5.69 Å². The Hall–Kier alpha value is -1.99. The van der Waals surface area contributed by atoms with Crippen LogP contribution in [-0.2, 0) is 0 Å². The molecule has 0 radical (unpaired) electrons. The molecule has 6 nitrogen and oxygen atoms in total. The van der Waals surface area contributed by atoms with Crippen molar-refractivity contribution in [1.29, 1.82) is 0 Å². The van der Waals surface area contributed by atoms with Crippen LogP contribution in [-0.4, -0.2) is 28.1 Å². The average Bonchev–Trinajstić information content (AvgIpc) is 2.90. The molecule has 0 aliphatic carbocycles. The number of halogens is 1. The van der Waals surface area contributed by atoms with Crippen LogP contribution >= 0.6 is 25.1 Å². The molecule has 0 unspecified atom stereocenters. The molecule has 2 N–H and O–H groups in total. The molecule has 3 rings (SSSR count). The first-order valence-corrected chi connectivity index (χ1v) is 6.81. The van der Waals surface area contributed by atoms with Gasteiger partial charge in [0.05, 0.1) is 17.8 Å². The highest BCUT2D eigenvalue weighted by Gasteiger charge is 2.34. The largest absolute Gasteiger partial charge is 0.365 e. The van der Waals surface area contributed by atoms with Crippen LogP contribution in [0.3, 0.4) is 0 Å². The van der Waals surface area contributed by atoms with Crippen molar-refractivity contribution in [2.75, 3.05) is 11.4 Å². The van der Waals surface area contributed by atoms with Crippen molar-refractivity contribution in [3.05, 3.63) is 46.7 Å². The molecular weight excluding hydrogens is 324 g/mol. The van der Waals surface area contributed by atoms with Crippen molar-refractivity contribution in [1.82, 2.24) is 9.78 Å². The molecule has 0 bridgehead atoms. The first-order valence-electron chi connectivity index (χ1n) is 6.43. The summed E-state index contributed by atoms with van der Waals surface area (Å²) in [6.07, 6.45) is 1.34. The van der Waals surface area contributed by atoms with Crippen LogP contribution in [0.25, 0.3) is 0 Å². The van der Waals surface area contributed by atoms with Gasteiger partial charge in [-0.1, -0.05) is 11.6 Å². The highest BCUT2D eigenvalue weighted by atomic mass is 35.5. The maximum Gasteiger partial charge on any atom is 0.277 e. The fourth-order valence-corrected chi connectivity index (χ4v) is 2.61. The van der Waals surface area contributed by atoms with E-state index in [2.05, 4.69) is 5.10 Å². The van der Waals surface area contributed by atoms with E-state index in [1.54, 1.807) is 33.8 Å². The topological polar surface area (TPSA) is 81.2 Å². The van der Waals surface area contributed by atoms with Gasteiger partial charge in [0.25, 0.3) is 11.8 Å². The van der Waals surface area contributed by atoms with E-state index in [1.165, 1.54) is 6.20 Å². The fraction of sp³-hybridized carbons (Fsp3) is 0.214. The number of amides is 2. The summed E-state index contributed by atoms with van der Waals surface area (Å²) >= 11 is 5.87. The highest BCUT2D eigenvalue weighted by Crippen LogP contribution is 2.28. The second-order valence-corrected chi connectivity index (χ2v) is 5.39. The van der Waals surface area contributed by atoms with Gasteiger partial charge in [-0.05, 0) is 31.2 Å². The lowest BCUT2D eigenvalue weighted by molar-refractivity contribution is 0.0934. The lowest BCUT2D eigenvalue weighted by atomic mass is 10.1. The number of rotatable bonds is 2. The summed E-state index contributed by atoms with van der Waals surface area (Å²) in [5, 5.41) is 4.70. The second-order valence-electron chi connectivity index (χ2n) is 4.96. The van der Waals surface area contributed by atoms with Crippen LogP contribution in [0.2, 0.25) is 5.02 Å². The zero-order chi connectivity index (χ0) is 15.1. The zero-order valence-corrected chi connectivity index (χ0v) is 13.5. The fourth-order valence-electron chi connectivity index (χ4n) is 2.49. The van der Waals surface area contributed by atoms with E-state index in [1.807, 2.05) is 6.92 Å². The standard InChI is InChI=1S/C14H13ClN4O2.H2S/c1-8-7-18(10-4-2-9(15)3-5-10)14(21)12-11(13(16)20)6-17-19(8)12;/h2-6,8H,7H2,1H3,(H2,16,20);1H2/t8-;/m0./s1. The molecule has 2 aromatic rings. The summed E-state index contributed by atoms with van der Waals surface area (Å²) < 4.78 is 1.55. The van der Waals surface area contributed by atoms with Gasteiger partial charge in [0.2, 0.25) is 0 Å². The van der Waals surface area contributed by atoms with E-state index >= 15 is 0 Å². The Morgan fingerprint density at radius 1 is 1.36 bits per heavy atom. The molecule has 0 saturated carbocycles. The molecule has 8 heteroatoms. The molecule has 2 heterocycles. The minimum Gasteiger partial charge on any atom is -0.365 e. The van der Waals surface area contributed by atoms with Crippen LogP contribution in [0.1, 0.15) is 33.8 Å². The van der Waals surface area contributed by atoms with Gasteiger partial charge in [-0.25, -0.2) is 0 Å². The van der Waals surface area contributed by atoms with E-state index < -0.39 is 5.91 Å². The third kappa shape index (κ3) is 2.57. The molecule has 1 atom stereocenters. The summed E-state index contributed by atoms with van der Waals surface area (Å²) in [7, 11) is 0. The maximum absolute atomic E-state index is 12.7. The maximum atomic E-state index is 12.7. The van der Waals surface area contributed by atoms with Crippen molar-refractivity contribution in [2.24, 2.45) is 5.73 Å². The van der Waals surface area contributed by atoms with Crippen LogP contribution in [0.4, 0.5) is 5.69 Å². The van der Waals surface area contributed by atoms with Crippen LogP contribution in [0, 0.1) is 0 Å². The number of fused-ring (bicyclic) bond motifs is 1. The molecule has 1 aliphatic rings. The molecule has 0 saturated heterocycles. The van der Waals surface area contributed by atoms with E-state index in [-0.39, 0.29) is 36.7 Å². The summed E-state index contributed by atoms with van der Waals surface area (Å²) in [6, 6.07) is 6.92. The third-order valence-electron chi connectivity index (χ3n) is 3.51. The second kappa shape index (κ2) is 6.02. The molecule has 0 fully saturated rings. The van der Waals surface area contributed by atoms with Crippen LogP contribution < -0.4 is 10.6 Å². The number of hydrogen-bond acceptors (Lipinski definition) is 3. The first kappa shape index (κ1) is 16.4. The molecular formula is C14H15ClN4O2S. The number of benzene rings is 1. The lowest BCUT2D eigenvalue weighted by Crippen LogP contribution is -2.43. The number of anilines is 1.